The highest BCUT2D eigenvalue weighted by Gasteiger charge is 2.05. The van der Waals surface area contributed by atoms with E-state index in [0.29, 0.717) is 4.47 Å². The highest BCUT2D eigenvalue weighted by molar-refractivity contribution is 9.10. The minimum Gasteiger partial charge on any atom is -0.481 e. The van der Waals surface area contributed by atoms with E-state index >= 15 is 0 Å². The van der Waals surface area contributed by atoms with Gasteiger partial charge >= 0.3 is 0 Å². The molecule has 0 spiro atoms. The van der Waals surface area contributed by atoms with Crippen molar-refractivity contribution in [3.05, 3.63) is 64.1 Å². The van der Waals surface area contributed by atoms with Gasteiger partial charge in [0.15, 0.2) is 18.2 Å². The third-order valence-corrected chi connectivity index (χ3v) is 3.04. The summed E-state index contributed by atoms with van der Waals surface area (Å²) in [5.74, 6) is -1.65. The maximum atomic E-state index is 13.5. The fourth-order valence-electron chi connectivity index (χ4n) is 1.52. The monoisotopic (exact) mass is 368 g/mol. The van der Waals surface area contributed by atoms with Crippen LogP contribution >= 0.6 is 15.9 Å². The summed E-state index contributed by atoms with van der Waals surface area (Å²) in [6, 6.07) is 10.2. The lowest BCUT2D eigenvalue weighted by atomic mass is 10.2. The van der Waals surface area contributed by atoms with Crippen LogP contribution in [0.2, 0.25) is 0 Å². The standard InChI is InChI=1S/C15H11BrF2N2O2/c16-11-6-5-10(13(18)7-11)8-19-20-15(21)9-22-14-4-2-1-3-12(14)17/h1-8H,9H2,(H,20,21)/b19-8-. The van der Waals surface area contributed by atoms with Crippen molar-refractivity contribution in [1.29, 1.82) is 0 Å². The number of amides is 1. The van der Waals surface area contributed by atoms with Crippen molar-refractivity contribution in [2.75, 3.05) is 6.61 Å². The van der Waals surface area contributed by atoms with Gasteiger partial charge in [0.2, 0.25) is 0 Å². The van der Waals surface area contributed by atoms with E-state index in [9.17, 15) is 13.6 Å². The van der Waals surface area contributed by atoms with Crippen LogP contribution in [0.5, 0.6) is 5.75 Å². The Kier molecular flexibility index (Phi) is 5.60. The van der Waals surface area contributed by atoms with Gasteiger partial charge in [-0.2, -0.15) is 5.10 Å². The van der Waals surface area contributed by atoms with E-state index < -0.39 is 24.1 Å². The van der Waals surface area contributed by atoms with Crippen molar-refractivity contribution < 1.29 is 18.3 Å². The first-order valence-electron chi connectivity index (χ1n) is 6.20. The second kappa shape index (κ2) is 7.65. The van der Waals surface area contributed by atoms with Gasteiger partial charge in [-0.1, -0.05) is 28.1 Å². The Morgan fingerprint density at radius 1 is 1.23 bits per heavy atom. The van der Waals surface area contributed by atoms with Crippen molar-refractivity contribution in [2.24, 2.45) is 5.10 Å². The number of hydrogen-bond acceptors (Lipinski definition) is 3. The van der Waals surface area contributed by atoms with E-state index in [2.05, 4.69) is 26.5 Å². The number of hydrogen-bond donors (Lipinski definition) is 1. The summed E-state index contributed by atoms with van der Waals surface area (Å²) in [4.78, 5) is 11.5. The molecule has 0 unspecified atom stereocenters. The van der Waals surface area contributed by atoms with E-state index in [4.69, 9.17) is 4.74 Å². The molecule has 22 heavy (non-hydrogen) atoms. The molecule has 0 heterocycles. The number of benzene rings is 2. The van der Waals surface area contributed by atoms with E-state index in [1.54, 1.807) is 12.1 Å². The molecule has 0 aliphatic rings. The Morgan fingerprint density at radius 3 is 2.73 bits per heavy atom. The van der Waals surface area contributed by atoms with Crippen molar-refractivity contribution >= 4 is 28.1 Å². The molecular formula is C15H11BrF2N2O2. The van der Waals surface area contributed by atoms with Crippen LogP contribution in [-0.2, 0) is 4.79 Å². The highest BCUT2D eigenvalue weighted by atomic mass is 79.9. The molecule has 0 aliphatic carbocycles. The van der Waals surface area contributed by atoms with Gasteiger partial charge in [0.1, 0.15) is 5.82 Å². The SMILES string of the molecule is O=C(COc1ccccc1F)N/N=C\c1ccc(Br)cc1F. The normalized spacial score (nSPS) is 10.7. The number of halogens is 3. The number of para-hydroxylation sites is 1. The molecule has 0 aromatic heterocycles. The first-order chi connectivity index (χ1) is 10.6. The molecule has 114 valence electrons. The largest absolute Gasteiger partial charge is 0.481 e. The number of rotatable bonds is 5. The summed E-state index contributed by atoms with van der Waals surface area (Å²) in [5, 5.41) is 3.61. The van der Waals surface area contributed by atoms with Crippen molar-refractivity contribution in [3.63, 3.8) is 0 Å². The Balaban J connectivity index is 1.85. The van der Waals surface area contributed by atoms with Gasteiger partial charge in [-0.05, 0) is 30.3 Å². The lowest BCUT2D eigenvalue weighted by Crippen LogP contribution is -2.24. The number of nitrogens with zero attached hydrogens (tertiary/aromatic N) is 1. The Morgan fingerprint density at radius 2 is 2.00 bits per heavy atom. The molecule has 1 N–H and O–H groups in total. The number of carbonyl (C=O) groups excluding carboxylic acids is 1. The third kappa shape index (κ3) is 4.63. The number of hydrazone groups is 1. The first kappa shape index (κ1) is 16.1. The summed E-state index contributed by atoms with van der Waals surface area (Å²) in [5.41, 5.74) is 2.39. The maximum absolute atomic E-state index is 13.5. The minimum absolute atomic E-state index is 0.0272. The van der Waals surface area contributed by atoms with Gasteiger partial charge in [0.25, 0.3) is 5.91 Å². The average Bonchev–Trinajstić information content (AvgIpc) is 2.49. The first-order valence-corrected chi connectivity index (χ1v) is 7.00. The fourth-order valence-corrected chi connectivity index (χ4v) is 1.85. The lowest BCUT2D eigenvalue weighted by molar-refractivity contribution is -0.123. The molecule has 0 saturated carbocycles. The third-order valence-electron chi connectivity index (χ3n) is 2.55. The van der Waals surface area contributed by atoms with Gasteiger partial charge in [-0.25, -0.2) is 14.2 Å². The highest BCUT2D eigenvalue weighted by Crippen LogP contribution is 2.15. The quantitative estimate of drug-likeness (QED) is 0.650. The Hall–Kier alpha value is -2.28. The van der Waals surface area contributed by atoms with E-state index in [-0.39, 0.29) is 11.3 Å². The lowest BCUT2D eigenvalue weighted by Gasteiger charge is -2.05. The maximum Gasteiger partial charge on any atom is 0.277 e. The van der Waals surface area contributed by atoms with E-state index in [0.717, 1.165) is 0 Å². The van der Waals surface area contributed by atoms with Gasteiger partial charge in [-0.15, -0.1) is 0 Å². The van der Waals surface area contributed by atoms with Crippen LogP contribution in [0.4, 0.5) is 8.78 Å². The zero-order valence-electron chi connectivity index (χ0n) is 11.2. The van der Waals surface area contributed by atoms with Crippen molar-refractivity contribution in [3.8, 4) is 5.75 Å². The summed E-state index contributed by atoms with van der Waals surface area (Å²) in [6.07, 6.45) is 1.17. The Bertz CT molecular complexity index is 708. The van der Waals surface area contributed by atoms with Crippen LogP contribution in [0.15, 0.2) is 52.0 Å². The molecule has 2 aromatic rings. The van der Waals surface area contributed by atoms with Gasteiger partial charge < -0.3 is 4.74 Å². The average molecular weight is 369 g/mol. The fraction of sp³-hybridized carbons (Fsp3) is 0.0667. The molecule has 7 heteroatoms. The van der Waals surface area contributed by atoms with Crippen LogP contribution in [0.1, 0.15) is 5.56 Å². The van der Waals surface area contributed by atoms with Crippen LogP contribution < -0.4 is 10.2 Å². The molecule has 2 rings (SSSR count). The minimum atomic E-state index is -0.586. The molecule has 0 bridgehead atoms. The van der Waals surface area contributed by atoms with Crippen molar-refractivity contribution in [2.45, 2.75) is 0 Å². The molecule has 1 amide bonds. The molecule has 2 aromatic carbocycles. The number of carbonyl (C=O) groups is 1. The molecule has 0 radical (unpaired) electrons. The summed E-state index contributed by atoms with van der Waals surface area (Å²) >= 11 is 3.13. The molecule has 0 fully saturated rings. The zero-order chi connectivity index (χ0) is 15.9. The molecular weight excluding hydrogens is 358 g/mol. The second-order valence-electron chi connectivity index (χ2n) is 4.18. The predicted octanol–water partition coefficient (Wildman–Crippen LogP) is 3.26. The zero-order valence-corrected chi connectivity index (χ0v) is 12.8. The smallest absolute Gasteiger partial charge is 0.277 e. The van der Waals surface area contributed by atoms with Crippen LogP contribution in [-0.4, -0.2) is 18.7 Å². The molecule has 4 nitrogen and oxygen atoms in total. The van der Waals surface area contributed by atoms with Gasteiger partial charge in [0.05, 0.1) is 6.21 Å². The predicted molar refractivity (Wildman–Crippen MR) is 81.7 cm³/mol. The van der Waals surface area contributed by atoms with Crippen LogP contribution in [0, 0.1) is 11.6 Å². The summed E-state index contributed by atoms with van der Waals surface area (Å²) in [6.45, 7) is -0.402. The van der Waals surface area contributed by atoms with E-state index in [1.165, 1.54) is 36.5 Å². The van der Waals surface area contributed by atoms with Gasteiger partial charge in [0, 0.05) is 10.0 Å². The molecule has 0 saturated heterocycles. The van der Waals surface area contributed by atoms with Crippen molar-refractivity contribution in [1.82, 2.24) is 5.43 Å². The summed E-state index contributed by atoms with van der Waals surface area (Å²) < 4.78 is 32.3. The molecule has 0 atom stereocenters. The topological polar surface area (TPSA) is 50.7 Å². The van der Waals surface area contributed by atoms with Crippen LogP contribution in [0.3, 0.4) is 0 Å². The number of ether oxygens (including phenoxy) is 1. The van der Waals surface area contributed by atoms with Crippen LogP contribution in [0.25, 0.3) is 0 Å². The van der Waals surface area contributed by atoms with E-state index in [1.807, 2.05) is 0 Å². The number of nitrogens with one attached hydrogen (secondary N) is 1. The summed E-state index contributed by atoms with van der Waals surface area (Å²) in [7, 11) is 0. The second-order valence-corrected chi connectivity index (χ2v) is 5.09. The Labute approximate surface area is 133 Å². The molecule has 0 aliphatic heterocycles. The van der Waals surface area contributed by atoms with Gasteiger partial charge in [-0.3, -0.25) is 4.79 Å².